The Labute approximate surface area is 146 Å². The molecule has 134 valence electrons. The third-order valence-corrected chi connectivity index (χ3v) is 3.79. The predicted molar refractivity (Wildman–Crippen MR) is 92.6 cm³/mol. The Morgan fingerprint density at radius 1 is 1.16 bits per heavy atom. The minimum absolute atomic E-state index is 0.214. The van der Waals surface area contributed by atoms with E-state index in [4.69, 9.17) is 19.7 Å². The summed E-state index contributed by atoms with van der Waals surface area (Å²) in [6.45, 7) is 0.554. The lowest BCUT2D eigenvalue weighted by Gasteiger charge is -2.29. The zero-order valence-electron chi connectivity index (χ0n) is 14.0. The van der Waals surface area contributed by atoms with Crippen LogP contribution in [0.2, 0.25) is 0 Å². The molecule has 1 heterocycles. The summed E-state index contributed by atoms with van der Waals surface area (Å²) >= 11 is 0. The van der Waals surface area contributed by atoms with Crippen LogP contribution in [0.15, 0.2) is 48.5 Å². The lowest BCUT2D eigenvalue weighted by Crippen LogP contribution is -2.38. The van der Waals surface area contributed by atoms with Gasteiger partial charge in [0.2, 0.25) is 6.29 Å². The fourth-order valence-electron chi connectivity index (χ4n) is 2.60. The van der Waals surface area contributed by atoms with Gasteiger partial charge >= 0.3 is 5.97 Å². The fraction of sp³-hybridized carbons (Fsp3) is 0.316. The van der Waals surface area contributed by atoms with Crippen LogP contribution in [-0.2, 0) is 4.74 Å². The highest BCUT2D eigenvalue weighted by atomic mass is 16.7. The second-order valence-corrected chi connectivity index (χ2v) is 5.45. The molecule has 1 aliphatic rings. The molecule has 2 atom stereocenters. The van der Waals surface area contributed by atoms with Gasteiger partial charge in [0.15, 0.2) is 0 Å². The fourth-order valence-corrected chi connectivity index (χ4v) is 2.60. The van der Waals surface area contributed by atoms with Gasteiger partial charge in [-0.15, -0.1) is 0 Å². The van der Waals surface area contributed by atoms with Crippen LogP contribution in [-0.4, -0.2) is 47.4 Å². The van der Waals surface area contributed by atoms with E-state index in [0.29, 0.717) is 18.8 Å². The van der Waals surface area contributed by atoms with Gasteiger partial charge < -0.3 is 24.8 Å². The Kier molecular flexibility index (Phi) is 6.94. The minimum Gasteiger partial charge on any atom is -0.478 e. The van der Waals surface area contributed by atoms with Crippen LogP contribution in [0.4, 0.5) is 0 Å². The molecule has 2 aromatic rings. The number of aliphatic hydroxyl groups excluding tert-OH is 2. The number of hydrogen-bond donors (Lipinski definition) is 3. The Hall–Kier alpha value is -2.41. The molecule has 6 heteroatoms. The monoisotopic (exact) mass is 346 g/mol. The largest absolute Gasteiger partial charge is 0.478 e. The molecule has 0 aromatic heterocycles. The maximum atomic E-state index is 11.1. The Balaban J connectivity index is 0.00000109. The van der Waals surface area contributed by atoms with Crippen molar-refractivity contribution in [2.45, 2.75) is 25.2 Å². The highest BCUT2D eigenvalue weighted by molar-refractivity contribution is 5.89. The van der Waals surface area contributed by atoms with E-state index in [1.54, 1.807) is 24.3 Å². The van der Waals surface area contributed by atoms with E-state index in [1.165, 1.54) is 0 Å². The quantitative estimate of drug-likeness (QED) is 0.787. The van der Waals surface area contributed by atoms with Crippen molar-refractivity contribution in [3.63, 3.8) is 0 Å². The van der Waals surface area contributed by atoms with E-state index in [1.807, 2.05) is 24.3 Å². The molecule has 1 fully saturated rings. The number of rotatable bonds is 4. The molecular weight excluding hydrogens is 324 g/mol. The first-order valence-corrected chi connectivity index (χ1v) is 7.99. The molecule has 1 saturated heterocycles. The SMILES string of the molecule is CO.O=C(O)c1cccc(-c2ccccc2OC2OCCCC2O)c1. The van der Waals surface area contributed by atoms with E-state index >= 15 is 0 Å². The molecule has 0 radical (unpaired) electrons. The minimum atomic E-state index is -0.976. The third-order valence-electron chi connectivity index (χ3n) is 3.79. The number of ether oxygens (including phenoxy) is 2. The van der Waals surface area contributed by atoms with Gasteiger partial charge in [0.25, 0.3) is 0 Å². The summed E-state index contributed by atoms with van der Waals surface area (Å²) in [4.78, 5) is 11.1. The van der Waals surface area contributed by atoms with Crippen molar-refractivity contribution in [2.75, 3.05) is 13.7 Å². The van der Waals surface area contributed by atoms with E-state index in [0.717, 1.165) is 24.7 Å². The van der Waals surface area contributed by atoms with Crippen LogP contribution in [0.5, 0.6) is 5.75 Å². The van der Waals surface area contributed by atoms with Gasteiger partial charge in [0.05, 0.1) is 12.2 Å². The Morgan fingerprint density at radius 3 is 2.64 bits per heavy atom. The number of benzene rings is 2. The first kappa shape index (κ1) is 18.9. The summed E-state index contributed by atoms with van der Waals surface area (Å²) in [5.74, 6) is -0.419. The van der Waals surface area contributed by atoms with Crippen molar-refractivity contribution in [2.24, 2.45) is 0 Å². The summed E-state index contributed by atoms with van der Waals surface area (Å²) in [6, 6.07) is 14.0. The van der Waals surface area contributed by atoms with Crippen LogP contribution in [0.3, 0.4) is 0 Å². The molecule has 0 amide bonds. The number of hydrogen-bond acceptors (Lipinski definition) is 5. The van der Waals surface area contributed by atoms with Crippen molar-refractivity contribution < 1.29 is 29.6 Å². The number of carbonyl (C=O) groups is 1. The van der Waals surface area contributed by atoms with Gasteiger partial charge in [0, 0.05) is 12.7 Å². The predicted octanol–water partition coefficient (Wildman–Crippen LogP) is 2.54. The standard InChI is InChI=1S/C18H18O5.CH4O/c19-15-8-4-10-22-18(15)23-16-9-2-1-7-14(16)12-5-3-6-13(11-12)17(20)21;1-2/h1-3,5-7,9,11,15,18-19H,4,8,10H2,(H,20,21);2H,1H3. The average molecular weight is 346 g/mol. The molecule has 2 unspecified atom stereocenters. The van der Waals surface area contributed by atoms with Crippen molar-refractivity contribution in [1.29, 1.82) is 0 Å². The number of para-hydroxylation sites is 1. The summed E-state index contributed by atoms with van der Waals surface area (Å²) in [6.07, 6.45) is 0.0831. The number of aliphatic hydroxyl groups is 2. The average Bonchev–Trinajstić information content (AvgIpc) is 2.66. The van der Waals surface area contributed by atoms with E-state index < -0.39 is 18.4 Å². The number of carboxylic acids is 1. The molecule has 0 saturated carbocycles. The molecule has 6 nitrogen and oxygen atoms in total. The van der Waals surface area contributed by atoms with Crippen LogP contribution >= 0.6 is 0 Å². The maximum absolute atomic E-state index is 11.1. The summed E-state index contributed by atoms with van der Waals surface area (Å²) in [5.41, 5.74) is 1.72. The molecule has 0 spiro atoms. The highest BCUT2D eigenvalue weighted by Gasteiger charge is 2.26. The maximum Gasteiger partial charge on any atom is 0.335 e. The second kappa shape index (κ2) is 9.17. The molecule has 3 rings (SSSR count). The molecule has 3 N–H and O–H groups in total. The molecule has 1 aliphatic heterocycles. The smallest absolute Gasteiger partial charge is 0.335 e. The van der Waals surface area contributed by atoms with Gasteiger partial charge in [0.1, 0.15) is 11.9 Å². The van der Waals surface area contributed by atoms with Crippen LogP contribution in [0, 0.1) is 0 Å². The van der Waals surface area contributed by atoms with E-state index in [9.17, 15) is 9.90 Å². The van der Waals surface area contributed by atoms with Gasteiger partial charge in [-0.1, -0.05) is 30.3 Å². The Morgan fingerprint density at radius 2 is 1.92 bits per heavy atom. The molecular formula is C19H22O6. The normalized spacial score (nSPS) is 19.5. The lowest BCUT2D eigenvalue weighted by molar-refractivity contribution is -0.169. The van der Waals surface area contributed by atoms with Crippen molar-refractivity contribution in [3.05, 3.63) is 54.1 Å². The molecule has 25 heavy (non-hydrogen) atoms. The first-order chi connectivity index (χ1) is 12.1. The van der Waals surface area contributed by atoms with Crippen molar-refractivity contribution >= 4 is 5.97 Å². The molecule has 0 aliphatic carbocycles. The van der Waals surface area contributed by atoms with Crippen molar-refractivity contribution in [1.82, 2.24) is 0 Å². The summed E-state index contributed by atoms with van der Waals surface area (Å²) in [5, 5.41) is 26.1. The van der Waals surface area contributed by atoms with E-state index in [-0.39, 0.29) is 5.56 Å². The topological polar surface area (TPSA) is 96.2 Å². The summed E-state index contributed by atoms with van der Waals surface area (Å²) < 4.78 is 11.3. The van der Waals surface area contributed by atoms with Gasteiger partial charge in [-0.3, -0.25) is 0 Å². The second-order valence-electron chi connectivity index (χ2n) is 5.45. The number of carboxylic acid groups (broad SMARTS) is 1. The van der Waals surface area contributed by atoms with Gasteiger partial charge in [-0.25, -0.2) is 4.79 Å². The van der Waals surface area contributed by atoms with Crippen molar-refractivity contribution in [3.8, 4) is 16.9 Å². The Bertz CT molecular complexity index is 700. The van der Waals surface area contributed by atoms with Crippen LogP contribution in [0.1, 0.15) is 23.2 Å². The zero-order chi connectivity index (χ0) is 18.2. The third kappa shape index (κ3) is 4.79. The van der Waals surface area contributed by atoms with Gasteiger partial charge in [-0.05, 0) is 36.6 Å². The summed E-state index contributed by atoms with van der Waals surface area (Å²) in [7, 11) is 1.00. The van der Waals surface area contributed by atoms with E-state index in [2.05, 4.69) is 0 Å². The van der Waals surface area contributed by atoms with Crippen LogP contribution < -0.4 is 4.74 Å². The number of aromatic carboxylic acids is 1. The molecule has 2 aromatic carbocycles. The lowest BCUT2D eigenvalue weighted by atomic mass is 10.0. The molecule has 0 bridgehead atoms. The zero-order valence-corrected chi connectivity index (χ0v) is 14.0. The van der Waals surface area contributed by atoms with Gasteiger partial charge in [-0.2, -0.15) is 0 Å². The first-order valence-electron chi connectivity index (χ1n) is 7.99. The van der Waals surface area contributed by atoms with Crippen LogP contribution in [0.25, 0.3) is 11.1 Å². The highest BCUT2D eigenvalue weighted by Crippen LogP contribution is 2.32.